The number of nitrogens with one attached hydrogen (secondary N) is 1. The van der Waals surface area contributed by atoms with Crippen LogP contribution in [0.4, 0.5) is 10.1 Å². The molecule has 1 atom stereocenters. The lowest BCUT2D eigenvalue weighted by Gasteiger charge is -2.24. The Balaban J connectivity index is 1.62. The number of carboxylic acids is 1. The summed E-state index contributed by atoms with van der Waals surface area (Å²) in [5.74, 6) is -1.07. The van der Waals surface area contributed by atoms with Gasteiger partial charge in [-0.25, -0.2) is 4.39 Å². The Bertz CT molecular complexity index is 822. The lowest BCUT2D eigenvalue weighted by molar-refractivity contribution is -0.143. The molecule has 2 aliphatic rings. The second-order valence-electron chi connectivity index (χ2n) is 6.60. The largest absolute Gasteiger partial charge is 0.481 e. The Morgan fingerprint density at radius 1 is 1.17 bits per heavy atom. The van der Waals surface area contributed by atoms with Crippen molar-refractivity contribution < 1.29 is 14.3 Å². The standard InChI is InChI=1S/C20H18FNO2/c21-15-5-7-16(8-6-15)22-12-14-11-13-3-1-2-4-17(13)18(14)20(9-10-20)19(23)24/h1-8,11,18,22H,9-10,12H2,(H,23,24). The third-order valence-electron chi connectivity index (χ3n) is 5.13. The van der Waals surface area contributed by atoms with Gasteiger partial charge in [0.25, 0.3) is 0 Å². The Hall–Kier alpha value is -2.62. The summed E-state index contributed by atoms with van der Waals surface area (Å²) in [5.41, 5.74) is 3.45. The molecule has 0 amide bonds. The first-order valence-electron chi connectivity index (χ1n) is 8.12. The minimum absolute atomic E-state index is 0.0841. The number of carboxylic acid groups (broad SMARTS) is 1. The van der Waals surface area contributed by atoms with E-state index in [2.05, 4.69) is 11.4 Å². The molecule has 0 radical (unpaired) electrons. The van der Waals surface area contributed by atoms with Crippen molar-refractivity contribution in [1.82, 2.24) is 0 Å². The molecule has 3 nitrogen and oxygen atoms in total. The highest BCUT2D eigenvalue weighted by atomic mass is 19.1. The number of hydrogen-bond donors (Lipinski definition) is 2. The molecule has 1 fully saturated rings. The quantitative estimate of drug-likeness (QED) is 0.863. The zero-order chi connectivity index (χ0) is 16.7. The fourth-order valence-corrected chi connectivity index (χ4v) is 3.73. The van der Waals surface area contributed by atoms with Crippen molar-refractivity contribution in [3.8, 4) is 0 Å². The van der Waals surface area contributed by atoms with Crippen LogP contribution in [-0.2, 0) is 4.79 Å². The van der Waals surface area contributed by atoms with Gasteiger partial charge in [-0.1, -0.05) is 30.3 Å². The molecule has 0 heterocycles. The van der Waals surface area contributed by atoms with Crippen LogP contribution < -0.4 is 5.32 Å². The number of halogens is 1. The molecule has 122 valence electrons. The van der Waals surface area contributed by atoms with Crippen molar-refractivity contribution in [2.45, 2.75) is 18.8 Å². The van der Waals surface area contributed by atoms with E-state index in [0.717, 1.165) is 35.2 Å². The van der Waals surface area contributed by atoms with Gasteiger partial charge in [-0.3, -0.25) is 4.79 Å². The van der Waals surface area contributed by atoms with Gasteiger partial charge in [0.2, 0.25) is 0 Å². The average Bonchev–Trinajstić information content (AvgIpc) is 3.30. The number of rotatable bonds is 5. The van der Waals surface area contributed by atoms with E-state index in [1.165, 1.54) is 12.1 Å². The molecule has 2 aromatic carbocycles. The molecular formula is C20H18FNO2. The van der Waals surface area contributed by atoms with Gasteiger partial charge in [0.15, 0.2) is 0 Å². The first-order chi connectivity index (χ1) is 11.6. The molecule has 2 aliphatic carbocycles. The molecular weight excluding hydrogens is 305 g/mol. The molecule has 0 saturated heterocycles. The van der Waals surface area contributed by atoms with Crippen molar-refractivity contribution in [2.75, 3.05) is 11.9 Å². The van der Waals surface area contributed by atoms with E-state index in [4.69, 9.17) is 0 Å². The second kappa shape index (κ2) is 5.48. The summed E-state index contributed by atoms with van der Waals surface area (Å²) in [7, 11) is 0. The molecule has 1 unspecified atom stereocenters. The number of carbonyl (C=O) groups is 1. The van der Waals surface area contributed by atoms with Gasteiger partial charge < -0.3 is 10.4 Å². The lowest BCUT2D eigenvalue weighted by Crippen LogP contribution is -2.26. The van der Waals surface area contributed by atoms with Crippen molar-refractivity contribution in [1.29, 1.82) is 0 Å². The van der Waals surface area contributed by atoms with Crippen LogP contribution in [0, 0.1) is 11.2 Å². The summed E-state index contributed by atoms with van der Waals surface area (Å²) in [6.07, 6.45) is 3.53. The fraction of sp³-hybridized carbons (Fsp3) is 0.250. The van der Waals surface area contributed by atoms with Crippen LogP contribution in [0.3, 0.4) is 0 Å². The van der Waals surface area contributed by atoms with Gasteiger partial charge in [-0.05, 0) is 53.8 Å². The lowest BCUT2D eigenvalue weighted by atomic mass is 9.80. The molecule has 24 heavy (non-hydrogen) atoms. The minimum atomic E-state index is -0.711. The minimum Gasteiger partial charge on any atom is -0.481 e. The maximum atomic E-state index is 13.0. The van der Waals surface area contributed by atoms with E-state index < -0.39 is 11.4 Å². The highest BCUT2D eigenvalue weighted by Crippen LogP contribution is 2.61. The van der Waals surface area contributed by atoms with E-state index in [0.29, 0.717) is 6.54 Å². The topological polar surface area (TPSA) is 49.3 Å². The van der Waals surface area contributed by atoms with Crippen LogP contribution in [0.2, 0.25) is 0 Å². The normalized spacial score (nSPS) is 20.2. The molecule has 4 rings (SSSR count). The fourth-order valence-electron chi connectivity index (χ4n) is 3.73. The first kappa shape index (κ1) is 14.9. The summed E-state index contributed by atoms with van der Waals surface area (Å²) in [5, 5.41) is 13.0. The van der Waals surface area contributed by atoms with Crippen LogP contribution in [-0.4, -0.2) is 17.6 Å². The molecule has 4 heteroatoms. The predicted octanol–water partition coefficient (Wildman–Crippen LogP) is 4.28. The van der Waals surface area contributed by atoms with Gasteiger partial charge >= 0.3 is 5.97 Å². The number of anilines is 1. The number of benzene rings is 2. The number of aliphatic carboxylic acids is 1. The Kier molecular flexibility index (Phi) is 3.41. The molecule has 1 saturated carbocycles. The van der Waals surface area contributed by atoms with E-state index in [9.17, 15) is 14.3 Å². The van der Waals surface area contributed by atoms with E-state index in [1.54, 1.807) is 12.1 Å². The predicted molar refractivity (Wildman–Crippen MR) is 91.4 cm³/mol. The maximum absolute atomic E-state index is 13.0. The van der Waals surface area contributed by atoms with E-state index >= 15 is 0 Å². The summed E-state index contributed by atoms with van der Waals surface area (Å²) in [6, 6.07) is 14.2. The Morgan fingerprint density at radius 3 is 2.54 bits per heavy atom. The summed E-state index contributed by atoms with van der Waals surface area (Å²) in [4.78, 5) is 11.8. The molecule has 0 aromatic heterocycles. The van der Waals surface area contributed by atoms with Crippen LogP contribution in [0.25, 0.3) is 6.08 Å². The monoisotopic (exact) mass is 323 g/mol. The Labute approximate surface area is 139 Å². The molecule has 0 bridgehead atoms. The molecule has 0 spiro atoms. The van der Waals surface area contributed by atoms with Crippen LogP contribution >= 0.6 is 0 Å². The summed E-state index contributed by atoms with van der Waals surface area (Å²) >= 11 is 0. The SMILES string of the molecule is O=C(O)C1(C2C(CNc3ccc(F)cc3)=Cc3ccccc32)CC1. The van der Waals surface area contributed by atoms with Gasteiger partial charge in [-0.2, -0.15) is 0 Å². The van der Waals surface area contributed by atoms with Gasteiger partial charge in [-0.15, -0.1) is 0 Å². The molecule has 2 N–H and O–H groups in total. The van der Waals surface area contributed by atoms with Crippen LogP contribution in [0.5, 0.6) is 0 Å². The van der Waals surface area contributed by atoms with Gasteiger partial charge in [0.1, 0.15) is 5.82 Å². The van der Waals surface area contributed by atoms with Crippen molar-refractivity contribution >= 4 is 17.7 Å². The van der Waals surface area contributed by atoms with Crippen molar-refractivity contribution in [2.24, 2.45) is 5.41 Å². The van der Waals surface area contributed by atoms with Crippen molar-refractivity contribution in [3.05, 3.63) is 71.0 Å². The first-order valence-corrected chi connectivity index (χ1v) is 8.12. The second-order valence-corrected chi connectivity index (χ2v) is 6.60. The van der Waals surface area contributed by atoms with E-state index in [-0.39, 0.29) is 11.7 Å². The van der Waals surface area contributed by atoms with E-state index in [1.807, 2.05) is 24.3 Å². The smallest absolute Gasteiger partial charge is 0.310 e. The summed E-state index contributed by atoms with van der Waals surface area (Å²) in [6.45, 7) is 0.556. The van der Waals surface area contributed by atoms with Crippen molar-refractivity contribution in [3.63, 3.8) is 0 Å². The maximum Gasteiger partial charge on any atom is 0.310 e. The van der Waals surface area contributed by atoms with Crippen LogP contribution in [0.1, 0.15) is 29.9 Å². The highest BCUT2D eigenvalue weighted by Gasteiger charge is 2.58. The molecule has 2 aromatic rings. The number of fused-ring (bicyclic) bond motifs is 1. The molecule has 0 aliphatic heterocycles. The average molecular weight is 323 g/mol. The van der Waals surface area contributed by atoms with Gasteiger partial charge in [0.05, 0.1) is 5.41 Å². The third-order valence-corrected chi connectivity index (χ3v) is 5.13. The van der Waals surface area contributed by atoms with Gasteiger partial charge in [0, 0.05) is 18.2 Å². The summed E-state index contributed by atoms with van der Waals surface area (Å²) < 4.78 is 13.0. The zero-order valence-electron chi connectivity index (χ0n) is 13.1. The highest BCUT2D eigenvalue weighted by molar-refractivity contribution is 5.83. The third kappa shape index (κ3) is 2.39. The number of hydrogen-bond acceptors (Lipinski definition) is 2. The zero-order valence-corrected chi connectivity index (χ0v) is 13.1. The Morgan fingerprint density at radius 2 is 1.88 bits per heavy atom. The van der Waals surface area contributed by atoms with Crippen LogP contribution in [0.15, 0.2) is 54.1 Å².